The molecular formula is C10H8O2. The van der Waals surface area contributed by atoms with E-state index in [9.17, 15) is 4.79 Å². The molecule has 0 fully saturated rings. The van der Waals surface area contributed by atoms with E-state index >= 15 is 0 Å². The summed E-state index contributed by atoms with van der Waals surface area (Å²) in [5.74, 6) is 0.685. The van der Waals surface area contributed by atoms with Crippen LogP contribution in [-0.4, -0.2) is 12.9 Å². The van der Waals surface area contributed by atoms with Gasteiger partial charge in [0.15, 0.2) is 5.78 Å². The maximum Gasteiger partial charge on any atom is 0.190 e. The van der Waals surface area contributed by atoms with E-state index < -0.39 is 0 Å². The van der Waals surface area contributed by atoms with Crippen molar-refractivity contribution in [1.29, 1.82) is 0 Å². The number of ether oxygens (including phenoxy) is 1. The minimum atomic E-state index is 0.0300. The molecule has 2 heteroatoms. The van der Waals surface area contributed by atoms with E-state index in [0.29, 0.717) is 11.3 Å². The first kappa shape index (κ1) is 7.10. The van der Waals surface area contributed by atoms with Crippen LogP contribution in [0.4, 0.5) is 0 Å². The molecule has 0 saturated heterocycles. The molecule has 12 heavy (non-hydrogen) atoms. The summed E-state index contributed by atoms with van der Waals surface area (Å²) >= 11 is 0. The Kier molecular flexibility index (Phi) is 1.47. The van der Waals surface area contributed by atoms with Crippen molar-refractivity contribution in [3.05, 3.63) is 35.4 Å². The minimum Gasteiger partial charge on any atom is -0.496 e. The van der Waals surface area contributed by atoms with Crippen molar-refractivity contribution in [2.24, 2.45) is 0 Å². The van der Waals surface area contributed by atoms with Gasteiger partial charge in [-0.15, -0.1) is 0 Å². The van der Waals surface area contributed by atoms with Crippen molar-refractivity contribution < 1.29 is 9.53 Å². The zero-order chi connectivity index (χ0) is 8.55. The molecule has 1 aliphatic rings. The molecule has 0 saturated carbocycles. The number of hydrogen-bond acceptors (Lipinski definition) is 2. The number of ketones is 1. The summed E-state index contributed by atoms with van der Waals surface area (Å²) in [5.41, 5.74) is 1.62. The van der Waals surface area contributed by atoms with Crippen LogP contribution in [0.5, 0.6) is 5.75 Å². The van der Waals surface area contributed by atoms with Gasteiger partial charge in [-0.2, -0.15) is 0 Å². The summed E-state index contributed by atoms with van der Waals surface area (Å²) in [6.07, 6.45) is 3.37. The molecule has 1 aromatic rings. The number of benzene rings is 1. The van der Waals surface area contributed by atoms with E-state index in [4.69, 9.17) is 4.74 Å². The Morgan fingerprint density at radius 2 is 2.08 bits per heavy atom. The highest BCUT2D eigenvalue weighted by molar-refractivity contribution is 6.15. The van der Waals surface area contributed by atoms with Crippen LogP contribution in [0.15, 0.2) is 24.3 Å². The molecule has 0 heterocycles. The average molecular weight is 160 g/mol. The van der Waals surface area contributed by atoms with Crippen LogP contribution in [0, 0.1) is 0 Å². The number of carbonyl (C=O) groups excluding carboxylic acids is 1. The van der Waals surface area contributed by atoms with E-state index in [1.807, 2.05) is 12.1 Å². The van der Waals surface area contributed by atoms with Crippen LogP contribution in [0.25, 0.3) is 6.08 Å². The Morgan fingerprint density at radius 3 is 2.83 bits per heavy atom. The standard InChI is InChI=1S/C10H8O2/c1-12-9-4-2-3-7-5-6-8(11)10(7)9/h2-6H,1H3. The van der Waals surface area contributed by atoms with Crippen molar-refractivity contribution >= 4 is 11.9 Å². The van der Waals surface area contributed by atoms with E-state index in [2.05, 4.69) is 0 Å². The number of allylic oxidation sites excluding steroid dienone is 1. The van der Waals surface area contributed by atoms with Gasteiger partial charge in [-0.05, 0) is 17.7 Å². The second-order valence-corrected chi connectivity index (χ2v) is 2.62. The van der Waals surface area contributed by atoms with Crippen molar-refractivity contribution in [1.82, 2.24) is 0 Å². The van der Waals surface area contributed by atoms with E-state index in [1.165, 1.54) is 0 Å². The normalized spacial score (nSPS) is 13.2. The van der Waals surface area contributed by atoms with E-state index in [1.54, 1.807) is 25.3 Å². The van der Waals surface area contributed by atoms with Gasteiger partial charge in [0.1, 0.15) is 5.75 Å². The molecule has 2 nitrogen and oxygen atoms in total. The molecule has 2 rings (SSSR count). The smallest absolute Gasteiger partial charge is 0.190 e. The Bertz CT molecular complexity index is 364. The molecule has 0 unspecified atom stereocenters. The highest BCUT2D eigenvalue weighted by Crippen LogP contribution is 2.28. The van der Waals surface area contributed by atoms with Crippen LogP contribution in [0.1, 0.15) is 15.9 Å². The first-order chi connectivity index (χ1) is 5.83. The molecular weight excluding hydrogens is 152 g/mol. The quantitative estimate of drug-likeness (QED) is 0.627. The van der Waals surface area contributed by atoms with Gasteiger partial charge in [0.2, 0.25) is 0 Å². The maximum absolute atomic E-state index is 11.3. The van der Waals surface area contributed by atoms with E-state index in [-0.39, 0.29) is 5.78 Å². The van der Waals surface area contributed by atoms with Crippen LogP contribution < -0.4 is 4.74 Å². The molecule has 0 bridgehead atoms. The summed E-state index contributed by atoms with van der Waals surface area (Å²) in [6, 6.07) is 5.57. The van der Waals surface area contributed by atoms with Crippen molar-refractivity contribution in [2.45, 2.75) is 0 Å². The Morgan fingerprint density at radius 1 is 1.25 bits per heavy atom. The van der Waals surface area contributed by atoms with Crippen LogP contribution in [0.3, 0.4) is 0 Å². The maximum atomic E-state index is 11.3. The number of hydrogen-bond donors (Lipinski definition) is 0. The average Bonchev–Trinajstić information content (AvgIpc) is 2.48. The SMILES string of the molecule is COc1cccc2c1C(=O)C=C2. The molecule has 0 spiro atoms. The lowest BCUT2D eigenvalue weighted by molar-refractivity contribution is 0.104. The summed E-state index contributed by atoms with van der Waals surface area (Å²) in [6.45, 7) is 0. The highest BCUT2D eigenvalue weighted by atomic mass is 16.5. The first-order valence-electron chi connectivity index (χ1n) is 3.72. The van der Waals surface area contributed by atoms with Gasteiger partial charge < -0.3 is 4.74 Å². The Labute approximate surface area is 70.5 Å². The highest BCUT2D eigenvalue weighted by Gasteiger charge is 2.17. The molecule has 0 atom stereocenters. The van der Waals surface area contributed by atoms with Gasteiger partial charge in [-0.1, -0.05) is 18.2 Å². The fourth-order valence-corrected chi connectivity index (χ4v) is 1.37. The predicted molar refractivity (Wildman–Crippen MR) is 46.4 cm³/mol. The lowest BCUT2D eigenvalue weighted by Gasteiger charge is -2.04. The molecule has 0 amide bonds. The minimum absolute atomic E-state index is 0.0300. The number of rotatable bonds is 1. The third-order valence-corrected chi connectivity index (χ3v) is 1.94. The lowest BCUT2D eigenvalue weighted by atomic mass is 10.1. The second kappa shape index (κ2) is 2.48. The van der Waals surface area contributed by atoms with Crippen LogP contribution >= 0.6 is 0 Å². The molecule has 0 N–H and O–H groups in total. The van der Waals surface area contributed by atoms with Gasteiger partial charge >= 0.3 is 0 Å². The zero-order valence-corrected chi connectivity index (χ0v) is 6.70. The molecule has 0 aliphatic heterocycles. The van der Waals surface area contributed by atoms with Gasteiger partial charge in [-0.3, -0.25) is 4.79 Å². The molecule has 0 radical (unpaired) electrons. The van der Waals surface area contributed by atoms with Crippen molar-refractivity contribution in [2.75, 3.05) is 7.11 Å². The second-order valence-electron chi connectivity index (χ2n) is 2.62. The summed E-state index contributed by atoms with van der Waals surface area (Å²) in [4.78, 5) is 11.3. The van der Waals surface area contributed by atoms with Gasteiger partial charge in [0.25, 0.3) is 0 Å². The van der Waals surface area contributed by atoms with Crippen LogP contribution in [-0.2, 0) is 0 Å². The molecule has 1 aliphatic carbocycles. The number of carbonyl (C=O) groups is 1. The Hall–Kier alpha value is -1.57. The zero-order valence-electron chi connectivity index (χ0n) is 6.70. The van der Waals surface area contributed by atoms with Crippen molar-refractivity contribution in [3.63, 3.8) is 0 Å². The molecule has 1 aromatic carbocycles. The van der Waals surface area contributed by atoms with Crippen molar-refractivity contribution in [3.8, 4) is 5.75 Å². The van der Waals surface area contributed by atoms with Gasteiger partial charge in [0.05, 0.1) is 12.7 Å². The topological polar surface area (TPSA) is 26.3 Å². The van der Waals surface area contributed by atoms with Crippen LogP contribution in [0.2, 0.25) is 0 Å². The summed E-state index contributed by atoms with van der Waals surface area (Å²) in [5, 5.41) is 0. The summed E-state index contributed by atoms with van der Waals surface area (Å²) < 4.78 is 5.07. The third kappa shape index (κ3) is 0.848. The lowest BCUT2D eigenvalue weighted by Crippen LogP contribution is -1.96. The predicted octanol–water partition coefficient (Wildman–Crippen LogP) is 1.90. The molecule has 60 valence electrons. The number of fused-ring (bicyclic) bond motifs is 1. The molecule has 0 aromatic heterocycles. The van der Waals surface area contributed by atoms with Gasteiger partial charge in [0, 0.05) is 0 Å². The summed E-state index contributed by atoms with van der Waals surface area (Å²) in [7, 11) is 1.57. The van der Waals surface area contributed by atoms with Gasteiger partial charge in [-0.25, -0.2) is 0 Å². The monoisotopic (exact) mass is 160 g/mol. The first-order valence-corrected chi connectivity index (χ1v) is 3.72. The fraction of sp³-hybridized carbons (Fsp3) is 0.100. The third-order valence-electron chi connectivity index (χ3n) is 1.94. The Balaban J connectivity index is 2.65. The largest absolute Gasteiger partial charge is 0.496 e. The fourth-order valence-electron chi connectivity index (χ4n) is 1.37. The number of methoxy groups -OCH3 is 1. The van der Waals surface area contributed by atoms with E-state index in [0.717, 1.165) is 5.56 Å².